The molecule has 70 valence electrons. The van der Waals surface area contributed by atoms with Crippen molar-refractivity contribution in [1.29, 1.82) is 0 Å². The highest BCUT2D eigenvalue weighted by molar-refractivity contribution is 9.09. The van der Waals surface area contributed by atoms with E-state index in [9.17, 15) is 4.79 Å². The lowest BCUT2D eigenvalue weighted by Crippen LogP contribution is -2.02. The van der Waals surface area contributed by atoms with Crippen molar-refractivity contribution in [2.45, 2.75) is 18.7 Å². The van der Waals surface area contributed by atoms with Crippen LogP contribution in [0.3, 0.4) is 0 Å². The number of hydrogen-bond acceptors (Lipinski definition) is 1. The minimum absolute atomic E-state index is 0.102. The molecule has 0 amide bonds. The van der Waals surface area contributed by atoms with Crippen LogP contribution in [-0.2, 0) is 4.79 Å². The maximum atomic E-state index is 11.1. The van der Waals surface area contributed by atoms with Gasteiger partial charge in [-0.25, -0.2) is 0 Å². The third-order valence-corrected chi connectivity index (χ3v) is 3.23. The Bertz CT molecular complexity index is 336. The molecule has 1 aromatic carbocycles. The van der Waals surface area contributed by atoms with Crippen LogP contribution in [0, 0.1) is 6.92 Å². The summed E-state index contributed by atoms with van der Waals surface area (Å²) in [5, 5.41) is 0.699. The van der Waals surface area contributed by atoms with E-state index in [0.717, 1.165) is 11.1 Å². The Hall–Kier alpha value is -0.340. The first kappa shape index (κ1) is 10.7. The number of Topliss-reactive ketones (excluding diaryl/α,β-unsaturated/α-hetero) is 1. The summed E-state index contributed by atoms with van der Waals surface area (Å²) >= 11 is 9.13. The van der Waals surface area contributed by atoms with Crippen molar-refractivity contribution in [3.05, 3.63) is 34.3 Å². The minimum Gasteiger partial charge on any atom is -0.298 e. The van der Waals surface area contributed by atoms with Crippen LogP contribution in [0.25, 0.3) is 0 Å². The zero-order valence-electron chi connectivity index (χ0n) is 7.47. The number of ketones is 1. The third-order valence-electron chi connectivity index (χ3n) is 1.86. The number of benzene rings is 1. The number of carbonyl (C=O) groups is 1. The normalized spacial score (nSPS) is 12.6. The number of hydrogen-bond donors (Lipinski definition) is 0. The second kappa shape index (κ2) is 4.25. The van der Waals surface area contributed by atoms with Crippen molar-refractivity contribution in [2.24, 2.45) is 0 Å². The molecule has 0 fully saturated rings. The predicted octanol–water partition coefficient (Wildman–Crippen LogP) is 3.67. The maximum absolute atomic E-state index is 11.1. The van der Waals surface area contributed by atoms with Gasteiger partial charge in [0, 0.05) is 5.02 Å². The largest absolute Gasteiger partial charge is 0.298 e. The molecular weight excluding hydrogens is 251 g/mol. The van der Waals surface area contributed by atoms with Gasteiger partial charge >= 0.3 is 0 Å². The van der Waals surface area contributed by atoms with Crippen LogP contribution in [-0.4, -0.2) is 5.78 Å². The summed E-state index contributed by atoms with van der Waals surface area (Å²) in [5.74, 6) is 0.102. The van der Waals surface area contributed by atoms with E-state index in [1.165, 1.54) is 0 Å². The van der Waals surface area contributed by atoms with Crippen LogP contribution >= 0.6 is 27.5 Å². The van der Waals surface area contributed by atoms with E-state index in [0.29, 0.717) is 5.02 Å². The molecule has 3 heteroatoms. The molecule has 1 rings (SSSR count). The zero-order valence-corrected chi connectivity index (χ0v) is 9.82. The Morgan fingerprint density at radius 2 is 2.15 bits per heavy atom. The van der Waals surface area contributed by atoms with Gasteiger partial charge in [0.2, 0.25) is 0 Å². The Morgan fingerprint density at radius 3 is 2.62 bits per heavy atom. The molecule has 0 aliphatic rings. The quantitative estimate of drug-likeness (QED) is 0.742. The zero-order chi connectivity index (χ0) is 10.0. The summed E-state index contributed by atoms with van der Waals surface area (Å²) in [4.78, 5) is 10.9. The molecule has 0 aliphatic heterocycles. The van der Waals surface area contributed by atoms with Crippen LogP contribution < -0.4 is 0 Å². The van der Waals surface area contributed by atoms with Gasteiger partial charge in [-0.2, -0.15) is 0 Å². The molecule has 0 N–H and O–H groups in total. The van der Waals surface area contributed by atoms with Crippen LogP contribution in [0.5, 0.6) is 0 Å². The molecule has 0 spiro atoms. The van der Waals surface area contributed by atoms with Gasteiger partial charge in [-0.1, -0.05) is 33.6 Å². The molecule has 0 aliphatic carbocycles. The molecule has 0 saturated carbocycles. The molecule has 0 bridgehead atoms. The van der Waals surface area contributed by atoms with E-state index in [4.69, 9.17) is 11.6 Å². The summed E-state index contributed by atoms with van der Waals surface area (Å²) in [6.07, 6.45) is 0. The second-order valence-corrected chi connectivity index (χ2v) is 4.33. The molecule has 1 nitrogen and oxygen atoms in total. The summed E-state index contributed by atoms with van der Waals surface area (Å²) in [6.45, 7) is 3.51. The first-order chi connectivity index (χ1) is 6.02. The van der Waals surface area contributed by atoms with Crippen molar-refractivity contribution < 1.29 is 4.79 Å². The molecule has 13 heavy (non-hydrogen) atoms. The number of carbonyl (C=O) groups excluding carboxylic acids is 1. The Balaban J connectivity index is 3.08. The van der Waals surface area contributed by atoms with Gasteiger partial charge in [-0.15, -0.1) is 0 Å². The smallest absolute Gasteiger partial charge is 0.147 e. The van der Waals surface area contributed by atoms with Gasteiger partial charge in [0.15, 0.2) is 0 Å². The number of halogens is 2. The number of aryl methyl sites for hydroxylation is 1. The summed E-state index contributed by atoms with van der Waals surface area (Å²) < 4.78 is 0. The minimum atomic E-state index is -0.218. The average Bonchev–Trinajstić information content (AvgIpc) is 2.03. The van der Waals surface area contributed by atoms with Gasteiger partial charge in [0.1, 0.15) is 5.78 Å². The second-order valence-electron chi connectivity index (χ2n) is 2.97. The summed E-state index contributed by atoms with van der Waals surface area (Å²) in [5.41, 5.74) is 2.02. The molecule has 0 radical (unpaired) electrons. The lowest BCUT2D eigenvalue weighted by molar-refractivity contribution is -0.116. The summed E-state index contributed by atoms with van der Waals surface area (Å²) in [7, 11) is 0. The topological polar surface area (TPSA) is 17.1 Å². The van der Waals surface area contributed by atoms with Gasteiger partial charge in [0.05, 0.1) is 4.83 Å². The first-order valence-electron chi connectivity index (χ1n) is 3.93. The van der Waals surface area contributed by atoms with Crippen LogP contribution in [0.15, 0.2) is 18.2 Å². The fourth-order valence-electron chi connectivity index (χ4n) is 1.14. The van der Waals surface area contributed by atoms with E-state index in [-0.39, 0.29) is 10.6 Å². The molecule has 0 heterocycles. The Labute approximate surface area is 91.2 Å². The first-order valence-corrected chi connectivity index (χ1v) is 5.22. The lowest BCUT2D eigenvalue weighted by Gasteiger charge is -2.09. The van der Waals surface area contributed by atoms with Gasteiger partial charge in [0.25, 0.3) is 0 Å². The fraction of sp³-hybridized carbons (Fsp3) is 0.300. The predicted molar refractivity (Wildman–Crippen MR) is 58.5 cm³/mol. The SMILES string of the molecule is CC(=O)C(Br)c1ccc(Cl)cc1C. The maximum Gasteiger partial charge on any atom is 0.147 e. The standard InChI is InChI=1S/C10H10BrClO/c1-6-5-8(12)3-4-9(6)10(11)7(2)13/h3-5,10H,1-2H3. The van der Waals surface area contributed by atoms with Gasteiger partial charge < -0.3 is 0 Å². The van der Waals surface area contributed by atoms with Crippen molar-refractivity contribution in [1.82, 2.24) is 0 Å². The van der Waals surface area contributed by atoms with Gasteiger partial charge in [-0.05, 0) is 37.1 Å². The lowest BCUT2D eigenvalue weighted by atomic mass is 10.0. The highest BCUT2D eigenvalue weighted by Gasteiger charge is 2.14. The highest BCUT2D eigenvalue weighted by atomic mass is 79.9. The Kier molecular flexibility index (Phi) is 3.51. The fourth-order valence-corrected chi connectivity index (χ4v) is 1.88. The van der Waals surface area contributed by atoms with Crippen LogP contribution in [0.1, 0.15) is 22.9 Å². The van der Waals surface area contributed by atoms with E-state index in [2.05, 4.69) is 15.9 Å². The molecular formula is C10H10BrClO. The van der Waals surface area contributed by atoms with Crippen molar-refractivity contribution in [3.63, 3.8) is 0 Å². The van der Waals surface area contributed by atoms with Crippen LogP contribution in [0.2, 0.25) is 5.02 Å². The van der Waals surface area contributed by atoms with E-state index in [1.54, 1.807) is 13.0 Å². The van der Waals surface area contributed by atoms with E-state index in [1.807, 2.05) is 19.1 Å². The van der Waals surface area contributed by atoms with Crippen molar-refractivity contribution in [2.75, 3.05) is 0 Å². The molecule has 1 aromatic rings. The summed E-state index contributed by atoms with van der Waals surface area (Å²) in [6, 6.07) is 5.52. The van der Waals surface area contributed by atoms with Crippen molar-refractivity contribution in [3.8, 4) is 0 Å². The number of rotatable bonds is 2. The molecule has 1 unspecified atom stereocenters. The van der Waals surface area contributed by atoms with Crippen LogP contribution in [0.4, 0.5) is 0 Å². The monoisotopic (exact) mass is 260 g/mol. The molecule has 1 atom stereocenters. The number of alkyl halides is 1. The van der Waals surface area contributed by atoms with Gasteiger partial charge in [-0.3, -0.25) is 4.79 Å². The molecule has 0 saturated heterocycles. The molecule has 0 aromatic heterocycles. The highest BCUT2D eigenvalue weighted by Crippen LogP contribution is 2.28. The average molecular weight is 262 g/mol. The van der Waals surface area contributed by atoms with Crippen molar-refractivity contribution >= 4 is 33.3 Å². The van der Waals surface area contributed by atoms with E-state index < -0.39 is 0 Å². The van der Waals surface area contributed by atoms with E-state index >= 15 is 0 Å². The third kappa shape index (κ3) is 2.55. The Morgan fingerprint density at radius 1 is 1.54 bits per heavy atom.